The van der Waals surface area contributed by atoms with Crippen molar-refractivity contribution in [2.24, 2.45) is 0 Å². The molecule has 0 radical (unpaired) electrons. The predicted octanol–water partition coefficient (Wildman–Crippen LogP) is 3.96. The van der Waals surface area contributed by atoms with Crippen LogP contribution in [0.4, 0.5) is 5.13 Å². The molecule has 2 rings (SSSR count). The lowest BCUT2D eigenvalue weighted by molar-refractivity contribution is 0.103. The fourth-order valence-corrected chi connectivity index (χ4v) is 3.39. The number of anilines is 1. The Morgan fingerprint density at radius 1 is 1.39 bits per heavy atom. The molecule has 0 spiro atoms. The summed E-state index contributed by atoms with van der Waals surface area (Å²) in [5, 5.41) is 12.3. The molecule has 0 aliphatic rings. The monoisotopic (exact) mass is 345 g/mol. The Hall–Kier alpha value is -0.790. The molecule has 1 N–H and O–H groups in total. The molecule has 1 amide bonds. The third-order valence-electron chi connectivity index (χ3n) is 2.23. The van der Waals surface area contributed by atoms with Gasteiger partial charge in [0, 0.05) is 6.42 Å². The van der Waals surface area contributed by atoms with Crippen molar-refractivity contribution in [1.29, 1.82) is 0 Å². The number of carbonyl (C=O) groups is 1. The Morgan fingerprint density at radius 2 is 2.22 bits per heavy atom. The molecule has 7 heteroatoms. The van der Waals surface area contributed by atoms with E-state index in [4.69, 9.17) is 0 Å². The number of aryl methyl sites for hydroxylation is 1. The number of halogens is 1. The molecule has 0 aromatic carbocycles. The van der Waals surface area contributed by atoms with E-state index in [0.717, 1.165) is 28.1 Å². The summed E-state index contributed by atoms with van der Waals surface area (Å²) < 4.78 is 0.938. The topological polar surface area (TPSA) is 54.9 Å². The number of amides is 1. The minimum Gasteiger partial charge on any atom is -0.296 e. The van der Waals surface area contributed by atoms with Gasteiger partial charge in [-0.3, -0.25) is 10.1 Å². The van der Waals surface area contributed by atoms with E-state index >= 15 is 0 Å². The van der Waals surface area contributed by atoms with Gasteiger partial charge < -0.3 is 0 Å². The number of hydrogen-bond donors (Lipinski definition) is 1. The summed E-state index contributed by atoms with van der Waals surface area (Å²) in [6, 6.07) is 3.63. The van der Waals surface area contributed by atoms with Crippen molar-refractivity contribution in [3.63, 3.8) is 0 Å². The Kier molecular flexibility index (Phi) is 4.85. The van der Waals surface area contributed by atoms with Gasteiger partial charge in [0.25, 0.3) is 5.91 Å². The van der Waals surface area contributed by atoms with Crippen LogP contribution in [0.5, 0.6) is 0 Å². The molecule has 0 fully saturated rings. The zero-order valence-electron chi connectivity index (χ0n) is 9.77. The third-order valence-corrected chi connectivity index (χ3v) is 4.75. The predicted molar refractivity (Wildman–Crippen MR) is 78.5 cm³/mol. The van der Waals surface area contributed by atoms with Crippen LogP contribution < -0.4 is 5.32 Å². The Bertz CT molecular complexity index is 538. The Morgan fingerprint density at radius 3 is 2.89 bits per heavy atom. The van der Waals surface area contributed by atoms with Gasteiger partial charge in [0.05, 0.1) is 8.66 Å². The van der Waals surface area contributed by atoms with E-state index < -0.39 is 0 Å². The summed E-state index contributed by atoms with van der Waals surface area (Å²) in [5.41, 5.74) is 0. The standard InChI is InChI=1S/C11H12BrN3OS2/c1-2-3-4-9-14-15-11(18-9)13-10(16)7-5-6-8(12)17-7/h5-6H,2-4H2,1H3,(H,13,15,16). The molecular formula is C11H12BrN3OS2. The summed E-state index contributed by atoms with van der Waals surface area (Å²) in [6.07, 6.45) is 3.15. The normalized spacial score (nSPS) is 10.6. The van der Waals surface area contributed by atoms with E-state index in [1.807, 2.05) is 6.07 Å². The second-order valence-corrected chi connectivity index (χ2v) is 7.19. The number of unbranched alkanes of at least 4 members (excludes halogenated alkanes) is 1. The molecule has 2 aromatic rings. The summed E-state index contributed by atoms with van der Waals surface area (Å²) in [6.45, 7) is 2.14. The summed E-state index contributed by atoms with van der Waals surface area (Å²) >= 11 is 6.17. The molecule has 2 aromatic heterocycles. The lowest BCUT2D eigenvalue weighted by Crippen LogP contribution is -2.09. The van der Waals surface area contributed by atoms with E-state index in [2.05, 4.69) is 38.4 Å². The molecule has 0 aliphatic carbocycles. The number of nitrogens with zero attached hydrogens (tertiary/aromatic N) is 2. The molecule has 0 unspecified atom stereocenters. The van der Waals surface area contributed by atoms with Crippen LogP contribution in [-0.4, -0.2) is 16.1 Å². The van der Waals surface area contributed by atoms with Crippen molar-refractivity contribution in [3.8, 4) is 0 Å². The van der Waals surface area contributed by atoms with Gasteiger partial charge in [0.1, 0.15) is 5.01 Å². The van der Waals surface area contributed by atoms with Gasteiger partial charge >= 0.3 is 0 Å². The highest BCUT2D eigenvalue weighted by atomic mass is 79.9. The summed E-state index contributed by atoms with van der Waals surface area (Å²) in [4.78, 5) is 12.5. The first-order valence-electron chi connectivity index (χ1n) is 5.58. The van der Waals surface area contributed by atoms with Crippen LogP contribution in [0, 0.1) is 0 Å². The van der Waals surface area contributed by atoms with E-state index in [1.165, 1.54) is 22.7 Å². The zero-order valence-corrected chi connectivity index (χ0v) is 13.0. The van der Waals surface area contributed by atoms with Gasteiger partial charge in [-0.15, -0.1) is 21.5 Å². The lowest BCUT2D eigenvalue weighted by Gasteiger charge is -1.96. The van der Waals surface area contributed by atoms with E-state index in [9.17, 15) is 4.79 Å². The van der Waals surface area contributed by atoms with E-state index in [-0.39, 0.29) is 5.91 Å². The van der Waals surface area contributed by atoms with Crippen molar-refractivity contribution in [3.05, 3.63) is 25.8 Å². The van der Waals surface area contributed by atoms with Gasteiger partial charge in [0.15, 0.2) is 0 Å². The lowest BCUT2D eigenvalue weighted by atomic mass is 10.3. The highest BCUT2D eigenvalue weighted by molar-refractivity contribution is 9.11. The second-order valence-electron chi connectivity index (χ2n) is 3.66. The average molecular weight is 346 g/mol. The number of aromatic nitrogens is 2. The second kappa shape index (κ2) is 6.40. The first kappa shape index (κ1) is 13.6. The molecule has 0 saturated carbocycles. The molecule has 18 heavy (non-hydrogen) atoms. The number of carbonyl (C=O) groups excluding carboxylic acids is 1. The van der Waals surface area contributed by atoms with Crippen LogP contribution in [0.1, 0.15) is 34.4 Å². The van der Waals surface area contributed by atoms with Crippen LogP contribution in [0.3, 0.4) is 0 Å². The van der Waals surface area contributed by atoms with Gasteiger partial charge in [0.2, 0.25) is 5.13 Å². The fourth-order valence-electron chi connectivity index (χ4n) is 1.33. The van der Waals surface area contributed by atoms with Crippen LogP contribution >= 0.6 is 38.6 Å². The summed E-state index contributed by atoms with van der Waals surface area (Å²) in [7, 11) is 0. The van der Waals surface area contributed by atoms with Crippen molar-refractivity contribution in [1.82, 2.24) is 10.2 Å². The zero-order chi connectivity index (χ0) is 13.0. The number of nitrogens with one attached hydrogen (secondary N) is 1. The van der Waals surface area contributed by atoms with Crippen molar-refractivity contribution in [2.75, 3.05) is 5.32 Å². The molecule has 0 saturated heterocycles. The first-order chi connectivity index (χ1) is 8.69. The van der Waals surface area contributed by atoms with Crippen molar-refractivity contribution < 1.29 is 4.79 Å². The van der Waals surface area contributed by atoms with Crippen LogP contribution in [-0.2, 0) is 6.42 Å². The van der Waals surface area contributed by atoms with Crippen molar-refractivity contribution >= 4 is 49.6 Å². The molecule has 2 heterocycles. The number of rotatable bonds is 5. The average Bonchev–Trinajstić information content (AvgIpc) is 2.96. The van der Waals surface area contributed by atoms with Crippen LogP contribution in [0.2, 0.25) is 0 Å². The highest BCUT2D eigenvalue weighted by Crippen LogP contribution is 2.24. The maximum absolute atomic E-state index is 11.9. The molecule has 96 valence electrons. The molecule has 0 bridgehead atoms. The van der Waals surface area contributed by atoms with E-state index in [0.29, 0.717) is 10.0 Å². The van der Waals surface area contributed by atoms with Crippen molar-refractivity contribution in [2.45, 2.75) is 26.2 Å². The van der Waals surface area contributed by atoms with Gasteiger partial charge in [-0.05, 0) is 34.5 Å². The maximum atomic E-state index is 11.9. The maximum Gasteiger partial charge on any atom is 0.267 e. The van der Waals surface area contributed by atoms with Gasteiger partial charge in [-0.2, -0.15) is 0 Å². The van der Waals surface area contributed by atoms with Gasteiger partial charge in [-0.25, -0.2) is 0 Å². The third kappa shape index (κ3) is 3.60. The molecule has 4 nitrogen and oxygen atoms in total. The Labute approximate surface area is 122 Å². The Balaban J connectivity index is 1.97. The molecular weight excluding hydrogens is 334 g/mol. The largest absolute Gasteiger partial charge is 0.296 e. The quantitative estimate of drug-likeness (QED) is 0.892. The number of hydrogen-bond acceptors (Lipinski definition) is 5. The molecule has 0 aliphatic heterocycles. The fraction of sp³-hybridized carbons (Fsp3) is 0.364. The highest BCUT2D eigenvalue weighted by Gasteiger charge is 2.11. The first-order valence-corrected chi connectivity index (χ1v) is 8.00. The van der Waals surface area contributed by atoms with E-state index in [1.54, 1.807) is 6.07 Å². The SMILES string of the molecule is CCCCc1nnc(NC(=O)c2ccc(Br)s2)s1. The molecule has 0 atom stereocenters. The van der Waals surface area contributed by atoms with Crippen LogP contribution in [0.15, 0.2) is 15.9 Å². The summed E-state index contributed by atoms with van der Waals surface area (Å²) in [5.74, 6) is -0.135. The number of thiophene rings is 1. The minimum absolute atomic E-state index is 0.135. The smallest absolute Gasteiger partial charge is 0.267 e. The van der Waals surface area contributed by atoms with Gasteiger partial charge in [-0.1, -0.05) is 24.7 Å². The minimum atomic E-state index is -0.135. The van der Waals surface area contributed by atoms with Crippen LogP contribution in [0.25, 0.3) is 0 Å².